The highest BCUT2D eigenvalue weighted by Crippen LogP contribution is 2.25. The van der Waals surface area contributed by atoms with Gasteiger partial charge in [-0.1, -0.05) is 0 Å². The summed E-state index contributed by atoms with van der Waals surface area (Å²) in [6, 6.07) is 4.37. The molecule has 1 fully saturated rings. The standard InChI is InChI=1S/C11H16N4S/c1-8-7-16-6-5-15(8)9-3-2-4-14-10(9)11(12)13/h2-4,8H,5-7H2,1H3,(H3,12,13). The van der Waals surface area contributed by atoms with Gasteiger partial charge in [0.15, 0.2) is 0 Å². The van der Waals surface area contributed by atoms with Gasteiger partial charge >= 0.3 is 0 Å². The molecule has 86 valence electrons. The molecule has 1 aliphatic rings. The van der Waals surface area contributed by atoms with Crippen LogP contribution >= 0.6 is 11.8 Å². The Balaban J connectivity index is 2.34. The van der Waals surface area contributed by atoms with E-state index in [0.29, 0.717) is 11.7 Å². The zero-order valence-corrected chi connectivity index (χ0v) is 10.1. The molecule has 1 aliphatic heterocycles. The largest absolute Gasteiger partial charge is 0.382 e. The van der Waals surface area contributed by atoms with Gasteiger partial charge in [0.05, 0.1) is 5.69 Å². The Bertz CT molecular complexity index is 393. The van der Waals surface area contributed by atoms with E-state index in [9.17, 15) is 0 Å². The minimum atomic E-state index is 0.0426. The zero-order valence-electron chi connectivity index (χ0n) is 9.31. The van der Waals surface area contributed by atoms with Crippen LogP contribution in [0.15, 0.2) is 18.3 Å². The SMILES string of the molecule is CC1CSCCN1c1cccnc1C(=N)N. The van der Waals surface area contributed by atoms with Crippen LogP contribution in [0.1, 0.15) is 12.6 Å². The molecule has 0 aliphatic carbocycles. The lowest BCUT2D eigenvalue weighted by Crippen LogP contribution is -2.41. The average Bonchev–Trinajstić information content (AvgIpc) is 2.29. The average molecular weight is 236 g/mol. The fourth-order valence-electron chi connectivity index (χ4n) is 1.92. The summed E-state index contributed by atoms with van der Waals surface area (Å²) >= 11 is 1.97. The second kappa shape index (κ2) is 4.74. The fraction of sp³-hybridized carbons (Fsp3) is 0.455. The highest BCUT2D eigenvalue weighted by Gasteiger charge is 2.22. The van der Waals surface area contributed by atoms with Crippen molar-refractivity contribution in [1.29, 1.82) is 5.41 Å². The number of anilines is 1. The van der Waals surface area contributed by atoms with Crippen molar-refractivity contribution in [2.24, 2.45) is 5.73 Å². The first kappa shape index (κ1) is 11.3. The molecule has 2 heterocycles. The number of nitrogens with two attached hydrogens (primary N) is 1. The highest BCUT2D eigenvalue weighted by molar-refractivity contribution is 7.99. The van der Waals surface area contributed by atoms with E-state index in [1.54, 1.807) is 6.20 Å². The minimum Gasteiger partial charge on any atom is -0.382 e. The number of pyridine rings is 1. The van der Waals surface area contributed by atoms with E-state index in [1.807, 2.05) is 23.9 Å². The van der Waals surface area contributed by atoms with Crippen LogP contribution in [0, 0.1) is 5.41 Å². The van der Waals surface area contributed by atoms with Crippen LogP contribution < -0.4 is 10.6 Å². The minimum absolute atomic E-state index is 0.0426. The van der Waals surface area contributed by atoms with Crippen LogP contribution in [0.25, 0.3) is 0 Å². The van der Waals surface area contributed by atoms with Gasteiger partial charge in [-0.05, 0) is 19.1 Å². The number of nitrogen functional groups attached to an aromatic ring is 1. The van der Waals surface area contributed by atoms with Gasteiger partial charge in [0, 0.05) is 30.3 Å². The quantitative estimate of drug-likeness (QED) is 0.600. The number of hydrogen-bond acceptors (Lipinski definition) is 4. The number of nitrogens with zero attached hydrogens (tertiary/aromatic N) is 2. The smallest absolute Gasteiger partial charge is 0.143 e. The first-order chi connectivity index (χ1) is 7.70. The molecular formula is C11H16N4S. The van der Waals surface area contributed by atoms with Gasteiger partial charge in [-0.25, -0.2) is 0 Å². The molecule has 0 spiro atoms. The Morgan fingerprint density at radius 2 is 2.50 bits per heavy atom. The van der Waals surface area contributed by atoms with Crippen LogP contribution in [0.5, 0.6) is 0 Å². The van der Waals surface area contributed by atoms with E-state index in [1.165, 1.54) is 0 Å². The van der Waals surface area contributed by atoms with Gasteiger partial charge in [0.25, 0.3) is 0 Å². The van der Waals surface area contributed by atoms with Crippen LogP contribution in [0.4, 0.5) is 5.69 Å². The third-order valence-corrected chi connectivity index (χ3v) is 3.91. The summed E-state index contributed by atoms with van der Waals surface area (Å²) in [5, 5.41) is 7.54. The van der Waals surface area contributed by atoms with E-state index < -0.39 is 0 Å². The predicted octanol–water partition coefficient (Wildman–Crippen LogP) is 1.31. The highest BCUT2D eigenvalue weighted by atomic mass is 32.2. The van der Waals surface area contributed by atoms with Crippen molar-refractivity contribution in [2.45, 2.75) is 13.0 Å². The van der Waals surface area contributed by atoms with Crippen molar-refractivity contribution in [3.8, 4) is 0 Å². The molecule has 0 aromatic carbocycles. The summed E-state index contributed by atoms with van der Waals surface area (Å²) in [4.78, 5) is 6.48. The Hall–Kier alpha value is -1.23. The maximum Gasteiger partial charge on any atom is 0.143 e. The number of thioether (sulfide) groups is 1. The number of rotatable bonds is 2. The molecule has 1 saturated heterocycles. The van der Waals surface area contributed by atoms with Gasteiger partial charge in [0.1, 0.15) is 11.5 Å². The van der Waals surface area contributed by atoms with Crippen LogP contribution in [-0.4, -0.2) is 34.9 Å². The molecule has 4 nitrogen and oxygen atoms in total. The lowest BCUT2D eigenvalue weighted by Gasteiger charge is -2.35. The molecule has 2 rings (SSSR count). The first-order valence-electron chi connectivity index (χ1n) is 5.34. The van der Waals surface area contributed by atoms with Crippen molar-refractivity contribution < 1.29 is 0 Å². The Kier molecular flexibility index (Phi) is 3.33. The Morgan fingerprint density at radius 3 is 3.19 bits per heavy atom. The first-order valence-corrected chi connectivity index (χ1v) is 6.49. The Morgan fingerprint density at radius 1 is 1.69 bits per heavy atom. The molecule has 1 atom stereocenters. The number of aromatic nitrogens is 1. The van der Waals surface area contributed by atoms with Gasteiger partial charge in [-0.2, -0.15) is 11.8 Å². The maximum atomic E-state index is 7.54. The van der Waals surface area contributed by atoms with E-state index in [-0.39, 0.29) is 5.84 Å². The lowest BCUT2D eigenvalue weighted by molar-refractivity contribution is 0.697. The molecule has 16 heavy (non-hydrogen) atoms. The van der Waals surface area contributed by atoms with Crippen molar-refractivity contribution in [1.82, 2.24) is 4.98 Å². The van der Waals surface area contributed by atoms with E-state index >= 15 is 0 Å². The monoisotopic (exact) mass is 236 g/mol. The second-order valence-electron chi connectivity index (χ2n) is 3.90. The summed E-state index contributed by atoms with van der Waals surface area (Å²) in [6.45, 7) is 3.20. The number of amidine groups is 1. The van der Waals surface area contributed by atoms with Crippen molar-refractivity contribution in [3.63, 3.8) is 0 Å². The molecule has 0 saturated carbocycles. The Labute approximate surface area is 99.7 Å². The molecule has 0 bridgehead atoms. The zero-order chi connectivity index (χ0) is 11.5. The van der Waals surface area contributed by atoms with Crippen LogP contribution in [0.2, 0.25) is 0 Å². The van der Waals surface area contributed by atoms with Crippen molar-refractivity contribution >= 4 is 23.3 Å². The molecule has 1 aromatic heterocycles. The fourth-order valence-corrected chi connectivity index (χ4v) is 2.93. The van der Waals surface area contributed by atoms with Crippen molar-refractivity contribution in [2.75, 3.05) is 23.0 Å². The molecule has 0 amide bonds. The second-order valence-corrected chi connectivity index (χ2v) is 5.05. The lowest BCUT2D eigenvalue weighted by atomic mass is 10.2. The summed E-state index contributed by atoms with van der Waals surface area (Å²) in [6.07, 6.45) is 1.68. The van der Waals surface area contributed by atoms with Crippen LogP contribution in [0.3, 0.4) is 0 Å². The summed E-state index contributed by atoms with van der Waals surface area (Å²) in [5.41, 5.74) is 7.14. The molecule has 3 N–H and O–H groups in total. The van der Waals surface area contributed by atoms with Crippen LogP contribution in [-0.2, 0) is 0 Å². The number of nitrogens with one attached hydrogen (secondary N) is 1. The van der Waals surface area contributed by atoms with E-state index in [2.05, 4.69) is 16.8 Å². The van der Waals surface area contributed by atoms with Gasteiger partial charge in [0.2, 0.25) is 0 Å². The van der Waals surface area contributed by atoms with Gasteiger partial charge in [-0.15, -0.1) is 0 Å². The summed E-state index contributed by atoms with van der Waals surface area (Å²) < 4.78 is 0. The van der Waals surface area contributed by atoms with Gasteiger partial charge in [-0.3, -0.25) is 10.4 Å². The third kappa shape index (κ3) is 2.14. The van der Waals surface area contributed by atoms with E-state index in [4.69, 9.17) is 11.1 Å². The number of hydrogen-bond donors (Lipinski definition) is 2. The molecule has 0 radical (unpaired) electrons. The maximum absolute atomic E-state index is 7.54. The normalized spacial score (nSPS) is 20.8. The third-order valence-electron chi connectivity index (χ3n) is 2.72. The summed E-state index contributed by atoms with van der Waals surface area (Å²) in [5.74, 6) is 2.28. The molecule has 1 aromatic rings. The molecule has 5 heteroatoms. The van der Waals surface area contributed by atoms with Crippen molar-refractivity contribution in [3.05, 3.63) is 24.0 Å². The van der Waals surface area contributed by atoms with Gasteiger partial charge < -0.3 is 10.6 Å². The topological polar surface area (TPSA) is 66.0 Å². The molecular weight excluding hydrogens is 220 g/mol. The predicted molar refractivity (Wildman–Crippen MR) is 69.4 cm³/mol. The molecule has 1 unspecified atom stereocenters. The van der Waals surface area contributed by atoms with E-state index in [0.717, 1.165) is 23.7 Å². The summed E-state index contributed by atoms with van der Waals surface area (Å²) in [7, 11) is 0.